The van der Waals surface area contributed by atoms with Crippen molar-refractivity contribution in [1.29, 1.82) is 0 Å². The molecule has 2 fully saturated rings. The topological polar surface area (TPSA) is 27.7 Å². The molecule has 0 N–H and O–H groups in total. The molecule has 0 unspecified atom stereocenters. The molecule has 1 saturated heterocycles. The maximum Gasteiger partial charge on any atom is 0.261 e. The van der Waals surface area contributed by atoms with Gasteiger partial charge in [-0.2, -0.15) is 0 Å². The maximum atomic E-state index is 7.71. The number of rotatable bonds is 13. The fraction of sp³-hybridized carbons (Fsp3) is 0.611. The van der Waals surface area contributed by atoms with Gasteiger partial charge in [-0.1, -0.05) is 122 Å². The molecule has 0 spiro atoms. The first-order valence-corrected chi connectivity index (χ1v) is 20.7. The van der Waals surface area contributed by atoms with Gasteiger partial charge in [0.1, 0.15) is 0 Å². The van der Waals surface area contributed by atoms with Crippen molar-refractivity contribution in [2.75, 3.05) is 0 Å². The van der Waals surface area contributed by atoms with Gasteiger partial charge in [-0.3, -0.25) is 0 Å². The summed E-state index contributed by atoms with van der Waals surface area (Å²) < 4.78 is 21.7. The molecule has 0 radical (unpaired) electrons. The van der Waals surface area contributed by atoms with Gasteiger partial charge in [-0.15, -0.1) is 6.58 Å². The van der Waals surface area contributed by atoms with E-state index < -0.39 is 16.6 Å². The lowest BCUT2D eigenvalue weighted by Gasteiger charge is -2.49. The predicted octanol–water partition coefficient (Wildman–Crippen LogP) is 8.35. The fourth-order valence-electron chi connectivity index (χ4n) is 7.34. The minimum Gasteiger partial charge on any atom is -0.414 e. The summed E-state index contributed by atoms with van der Waals surface area (Å²) in [6, 6.07) is 25.6. The molecule has 226 valence electrons. The molecule has 2 aliphatic rings. The smallest absolute Gasteiger partial charge is 0.261 e. The highest BCUT2D eigenvalue weighted by atomic mass is 28.4. The van der Waals surface area contributed by atoms with Crippen molar-refractivity contribution in [3.05, 3.63) is 73.3 Å². The Balaban J connectivity index is 1.69. The van der Waals surface area contributed by atoms with Gasteiger partial charge in [0, 0.05) is 5.92 Å². The van der Waals surface area contributed by atoms with Crippen molar-refractivity contribution in [3.8, 4) is 0 Å². The Labute approximate surface area is 253 Å². The van der Waals surface area contributed by atoms with Gasteiger partial charge >= 0.3 is 0 Å². The van der Waals surface area contributed by atoms with Crippen LogP contribution in [-0.2, 0) is 13.6 Å². The molecule has 1 saturated carbocycles. The third-order valence-corrected chi connectivity index (χ3v) is 20.1. The normalized spacial score (nSPS) is 27.8. The van der Waals surface area contributed by atoms with Crippen molar-refractivity contribution in [1.82, 2.24) is 0 Å². The number of hydrogen-bond donors (Lipinski definition) is 0. The number of hydrogen-bond acceptors (Lipinski definition) is 3. The summed E-state index contributed by atoms with van der Waals surface area (Å²) in [5, 5.41) is 2.61. The van der Waals surface area contributed by atoms with Crippen LogP contribution in [0.4, 0.5) is 0 Å². The lowest BCUT2D eigenvalue weighted by molar-refractivity contribution is -0.117. The van der Waals surface area contributed by atoms with Gasteiger partial charge in [-0.05, 0) is 64.6 Å². The van der Waals surface area contributed by atoms with Crippen molar-refractivity contribution in [2.24, 2.45) is 17.8 Å². The standard InChI is InChI=1S/C36H56O3Si2/c1-10-33-28(6)34(25-29(37-33)26-35(32-24-27(32)5)38-40(11-2,12-3)13-4)39-41(36(7,8)9,30-20-16-14-17-21-30)31-22-18-15-19-23-31/h10,14-23,27-29,32-35H,1,11-13,24-26H2,2-9H3/t27-,28-,29-,32-,33-,34-,35-/m0/s1. The molecule has 5 heteroatoms. The Morgan fingerprint density at radius 2 is 1.41 bits per heavy atom. The average molecular weight is 593 g/mol. The molecule has 7 atom stereocenters. The minimum atomic E-state index is -2.68. The van der Waals surface area contributed by atoms with Gasteiger partial charge in [0.2, 0.25) is 0 Å². The van der Waals surface area contributed by atoms with Crippen LogP contribution in [0.25, 0.3) is 0 Å². The van der Waals surface area contributed by atoms with Crippen molar-refractivity contribution in [2.45, 2.75) is 122 Å². The highest BCUT2D eigenvalue weighted by molar-refractivity contribution is 6.99. The minimum absolute atomic E-state index is 0.0280. The molecule has 1 aliphatic heterocycles. The Hall–Kier alpha value is -1.51. The molecule has 2 aromatic carbocycles. The third-order valence-electron chi connectivity index (χ3n) is 10.4. The lowest BCUT2D eigenvalue weighted by atomic mass is 9.88. The van der Waals surface area contributed by atoms with E-state index in [2.05, 4.69) is 123 Å². The fourth-order valence-corrected chi connectivity index (χ4v) is 15.0. The second-order valence-corrected chi connectivity index (χ2v) is 22.9. The zero-order chi connectivity index (χ0) is 29.8. The third kappa shape index (κ3) is 6.85. The molecule has 1 heterocycles. The summed E-state index contributed by atoms with van der Waals surface area (Å²) in [6.07, 6.45) is 5.59. The summed E-state index contributed by atoms with van der Waals surface area (Å²) in [7, 11) is -4.41. The second-order valence-electron chi connectivity index (χ2n) is 13.9. The first kappa shape index (κ1) is 32.4. The van der Waals surface area contributed by atoms with E-state index >= 15 is 0 Å². The molecule has 41 heavy (non-hydrogen) atoms. The van der Waals surface area contributed by atoms with E-state index in [1.165, 1.54) is 34.9 Å². The van der Waals surface area contributed by atoms with Crippen LogP contribution in [0, 0.1) is 17.8 Å². The molecule has 0 aromatic heterocycles. The van der Waals surface area contributed by atoms with E-state index in [4.69, 9.17) is 13.6 Å². The lowest BCUT2D eigenvalue weighted by Crippen LogP contribution is -2.69. The van der Waals surface area contributed by atoms with Crippen molar-refractivity contribution < 1.29 is 13.6 Å². The van der Waals surface area contributed by atoms with Gasteiger partial charge in [-0.25, -0.2) is 0 Å². The molecule has 3 nitrogen and oxygen atoms in total. The summed E-state index contributed by atoms with van der Waals surface area (Å²) in [5.41, 5.74) is 0. The van der Waals surface area contributed by atoms with E-state index in [0.29, 0.717) is 5.92 Å². The summed E-state index contributed by atoms with van der Waals surface area (Å²) >= 11 is 0. The van der Waals surface area contributed by atoms with Crippen LogP contribution < -0.4 is 10.4 Å². The van der Waals surface area contributed by atoms with E-state index in [-0.39, 0.29) is 35.4 Å². The Bertz CT molecular complexity index is 1050. The number of ether oxygens (including phenoxy) is 1. The Morgan fingerprint density at radius 1 is 0.902 bits per heavy atom. The zero-order valence-corrected chi connectivity index (χ0v) is 29.1. The first-order chi connectivity index (χ1) is 19.5. The van der Waals surface area contributed by atoms with Gasteiger partial charge in [0.25, 0.3) is 8.32 Å². The van der Waals surface area contributed by atoms with Crippen LogP contribution >= 0.6 is 0 Å². The van der Waals surface area contributed by atoms with Crippen molar-refractivity contribution in [3.63, 3.8) is 0 Å². The van der Waals surface area contributed by atoms with Crippen molar-refractivity contribution >= 4 is 27.0 Å². The molecule has 4 rings (SSSR count). The second kappa shape index (κ2) is 13.4. The largest absolute Gasteiger partial charge is 0.414 e. The van der Waals surface area contributed by atoms with E-state index in [9.17, 15) is 0 Å². The van der Waals surface area contributed by atoms with Crippen LogP contribution in [-0.4, -0.2) is 41.1 Å². The van der Waals surface area contributed by atoms with Crippen LogP contribution in [0.15, 0.2) is 73.3 Å². The van der Waals surface area contributed by atoms with E-state index in [0.717, 1.165) is 18.8 Å². The quantitative estimate of drug-likeness (QED) is 0.173. The molecular formula is C36H56O3Si2. The van der Waals surface area contributed by atoms with Crippen LogP contribution in [0.2, 0.25) is 23.2 Å². The van der Waals surface area contributed by atoms with Crippen LogP contribution in [0.1, 0.15) is 74.7 Å². The summed E-state index contributed by atoms with van der Waals surface area (Å²) in [5.74, 6) is 1.63. The van der Waals surface area contributed by atoms with Crippen LogP contribution in [0.3, 0.4) is 0 Å². The summed E-state index contributed by atoms with van der Waals surface area (Å²) in [4.78, 5) is 0. The molecule has 2 aromatic rings. The average Bonchev–Trinajstić information content (AvgIpc) is 3.72. The molecule has 1 aliphatic carbocycles. The monoisotopic (exact) mass is 592 g/mol. The van der Waals surface area contributed by atoms with E-state index in [1.807, 2.05) is 6.08 Å². The SMILES string of the molecule is C=C[C@@H]1O[C@H](C[C@H](O[Si](CC)(CC)CC)[C@H]2C[C@@H]2C)C[C@H](O[Si](c2ccccc2)(c2ccccc2)C(C)(C)C)[C@H]1C. The highest BCUT2D eigenvalue weighted by Gasteiger charge is 2.54. The first-order valence-electron chi connectivity index (χ1n) is 16.3. The van der Waals surface area contributed by atoms with Gasteiger partial charge in [0.05, 0.1) is 24.4 Å². The Kier molecular flexibility index (Phi) is 10.6. The predicted molar refractivity (Wildman–Crippen MR) is 179 cm³/mol. The van der Waals surface area contributed by atoms with Crippen LogP contribution in [0.5, 0.6) is 0 Å². The zero-order valence-electron chi connectivity index (χ0n) is 27.1. The number of benzene rings is 2. The van der Waals surface area contributed by atoms with Gasteiger partial charge in [0.15, 0.2) is 8.32 Å². The molecule has 0 bridgehead atoms. The maximum absolute atomic E-state index is 7.71. The molecular weight excluding hydrogens is 537 g/mol. The Morgan fingerprint density at radius 3 is 1.83 bits per heavy atom. The highest BCUT2D eigenvalue weighted by Crippen LogP contribution is 2.47. The van der Waals surface area contributed by atoms with E-state index in [1.54, 1.807) is 0 Å². The summed E-state index contributed by atoms with van der Waals surface area (Å²) in [6.45, 7) is 23.0. The molecule has 0 amide bonds. The van der Waals surface area contributed by atoms with Gasteiger partial charge < -0.3 is 13.6 Å².